The van der Waals surface area contributed by atoms with Crippen molar-refractivity contribution in [2.24, 2.45) is 11.3 Å². The normalized spacial score (nSPS) is 23.9. The third-order valence-electron chi connectivity index (χ3n) is 3.55. The number of rotatable bonds is 2. The summed E-state index contributed by atoms with van der Waals surface area (Å²) in [7, 11) is 1.35. The third-order valence-corrected chi connectivity index (χ3v) is 3.55. The maximum atomic E-state index is 12.4. The van der Waals surface area contributed by atoms with Crippen LogP contribution in [0.15, 0.2) is 0 Å². The molecule has 5 heteroatoms. The minimum Gasteiger partial charge on any atom is -0.453 e. The molecule has 1 heterocycles. The van der Waals surface area contributed by atoms with E-state index in [-0.39, 0.29) is 17.4 Å². The van der Waals surface area contributed by atoms with Crippen molar-refractivity contribution in [3.8, 4) is 0 Å². The Morgan fingerprint density at radius 2 is 1.95 bits per heavy atom. The molecule has 0 aromatic rings. The molecule has 2 atom stereocenters. The van der Waals surface area contributed by atoms with Gasteiger partial charge in [-0.3, -0.25) is 4.79 Å². The highest BCUT2D eigenvalue weighted by Crippen LogP contribution is 2.25. The van der Waals surface area contributed by atoms with Crippen molar-refractivity contribution in [1.82, 2.24) is 10.2 Å². The van der Waals surface area contributed by atoms with E-state index in [0.29, 0.717) is 12.5 Å². The van der Waals surface area contributed by atoms with Crippen LogP contribution in [0.2, 0.25) is 0 Å². The number of amides is 2. The lowest BCUT2D eigenvalue weighted by Gasteiger charge is -2.40. The van der Waals surface area contributed by atoms with Crippen molar-refractivity contribution >= 4 is 12.0 Å². The lowest BCUT2D eigenvalue weighted by atomic mass is 9.88. The Morgan fingerprint density at radius 3 is 2.42 bits per heavy atom. The quantitative estimate of drug-likeness (QED) is 0.835. The van der Waals surface area contributed by atoms with Crippen LogP contribution in [0.4, 0.5) is 4.79 Å². The van der Waals surface area contributed by atoms with Crippen LogP contribution in [0.1, 0.15) is 40.5 Å². The molecule has 0 aromatic heterocycles. The van der Waals surface area contributed by atoms with Gasteiger partial charge in [0, 0.05) is 18.5 Å². The highest BCUT2D eigenvalue weighted by molar-refractivity contribution is 5.81. The fourth-order valence-electron chi connectivity index (χ4n) is 2.47. The molecular formula is C14H26N2O3. The maximum absolute atomic E-state index is 12.4. The minimum atomic E-state index is -0.426. The number of hydrogen-bond donors (Lipinski definition) is 1. The molecule has 5 nitrogen and oxygen atoms in total. The predicted molar refractivity (Wildman–Crippen MR) is 73.8 cm³/mol. The second kappa shape index (κ2) is 6.26. The van der Waals surface area contributed by atoms with Gasteiger partial charge in [0.05, 0.1) is 13.2 Å². The number of piperidine rings is 1. The van der Waals surface area contributed by atoms with Gasteiger partial charge in [-0.15, -0.1) is 0 Å². The van der Waals surface area contributed by atoms with E-state index in [9.17, 15) is 9.59 Å². The Kier molecular flexibility index (Phi) is 5.20. The highest BCUT2D eigenvalue weighted by atomic mass is 16.5. The number of carbonyl (C=O) groups is 2. The van der Waals surface area contributed by atoms with Gasteiger partial charge in [0.2, 0.25) is 5.91 Å². The molecular weight excluding hydrogens is 244 g/mol. The molecule has 1 rings (SSSR count). The Morgan fingerprint density at radius 1 is 1.32 bits per heavy atom. The zero-order valence-corrected chi connectivity index (χ0v) is 12.7. The standard InChI is InChI=1S/C14H26N2O3/c1-6-10-7-11(15-13(18)19-5)9-16(8-10)12(17)14(2,3)4/h10-11H,6-9H2,1-5H3,(H,15,18). The Balaban J connectivity index is 2.72. The average Bonchev–Trinajstić information content (AvgIpc) is 2.36. The SMILES string of the molecule is CCC1CC(NC(=O)OC)CN(C(=O)C(C)(C)C)C1. The summed E-state index contributed by atoms with van der Waals surface area (Å²) >= 11 is 0. The van der Waals surface area contributed by atoms with E-state index in [1.54, 1.807) is 0 Å². The molecule has 1 N–H and O–H groups in total. The van der Waals surface area contributed by atoms with Crippen LogP contribution in [0.3, 0.4) is 0 Å². The van der Waals surface area contributed by atoms with Crippen molar-refractivity contribution in [1.29, 1.82) is 0 Å². The molecule has 0 saturated carbocycles. The molecule has 0 bridgehead atoms. The summed E-state index contributed by atoms with van der Waals surface area (Å²) in [5, 5.41) is 2.81. The number of ether oxygens (including phenoxy) is 1. The third kappa shape index (κ3) is 4.40. The molecule has 110 valence electrons. The number of methoxy groups -OCH3 is 1. The molecule has 1 aliphatic heterocycles. The van der Waals surface area contributed by atoms with Crippen molar-refractivity contribution in [3.63, 3.8) is 0 Å². The summed E-state index contributed by atoms with van der Waals surface area (Å²) in [4.78, 5) is 25.5. The van der Waals surface area contributed by atoms with Gasteiger partial charge in [0.25, 0.3) is 0 Å². The zero-order valence-electron chi connectivity index (χ0n) is 12.7. The number of nitrogens with one attached hydrogen (secondary N) is 1. The Bertz CT molecular complexity index is 336. The lowest BCUT2D eigenvalue weighted by Crippen LogP contribution is -2.54. The first-order valence-electron chi connectivity index (χ1n) is 6.91. The average molecular weight is 270 g/mol. The van der Waals surface area contributed by atoms with Gasteiger partial charge in [-0.1, -0.05) is 34.1 Å². The van der Waals surface area contributed by atoms with Crippen LogP contribution in [0, 0.1) is 11.3 Å². The van der Waals surface area contributed by atoms with Gasteiger partial charge < -0.3 is 15.0 Å². The van der Waals surface area contributed by atoms with Gasteiger partial charge in [-0.25, -0.2) is 4.79 Å². The predicted octanol–water partition coefficient (Wildman–Crippen LogP) is 2.02. The molecule has 2 amide bonds. The largest absolute Gasteiger partial charge is 0.453 e. The first-order chi connectivity index (χ1) is 8.77. The van der Waals surface area contributed by atoms with Crippen LogP contribution in [-0.2, 0) is 9.53 Å². The second-order valence-electron chi connectivity index (χ2n) is 6.30. The van der Waals surface area contributed by atoms with E-state index in [2.05, 4.69) is 17.0 Å². The van der Waals surface area contributed by atoms with Crippen molar-refractivity contribution in [2.45, 2.75) is 46.6 Å². The van der Waals surface area contributed by atoms with Crippen LogP contribution in [0.25, 0.3) is 0 Å². The van der Waals surface area contributed by atoms with Crippen molar-refractivity contribution < 1.29 is 14.3 Å². The molecule has 0 radical (unpaired) electrons. The number of nitrogens with zero attached hydrogens (tertiary/aromatic N) is 1. The molecule has 1 aliphatic rings. The van der Waals surface area contributed by atoms with E-state index < -0.39 is 6.09 Å². The first-order valence-corrected chi connectivity index (χ1v) is 6.91. The van der Waals surface area contributed by atoms with Crippen molar-refractivity contribution in [3.05, 3.63) is 0 Å². The zero-order chi connectivity index (χ0) is 14.6. The van der Waals surface area contributed by atoms with Crippen LogP contribution in [-0.4, -0.2) is 43.1 Å². The van der Waals surface area contributed by atoms with Crippen LogP contribution >= 0.6 is 0 Å². The summed E-state index contributed by atoms with van der Waals surface area (Å²) in [6.45, 7) is 9.24. The summed E-state index contributed by atoms with van der Waals surface area (Å²) < 4.78 is 4.63. The second-order valence-corrected chi connectivity index (χ2v) is 6.30. The Labute approximate surface area is 115 Å². The van der Waals surface area contributed by atoms with Gasteiger partial charge in [0.15, 0.2) is 0 Å². The number of hydrogen-bond acceptors (Lipinski definition) is 3. The molecule has 0 aromatic carbocycles. The topological polar surface area (TPSA) is 58.6 Å². The van der Waals surface area contributed by atoms with Crippen LogP contribution in [0.5, 0.6) is 0 Å². The Hall–Kier alpha value is -1.26. The van der Waals surface area contributed by atoms with Crippen LogP contribution < -0.4 is 5.32 Å². The van der Waals surface area contributed by atoms with E-state index in [1.165, 1.54) is 7.11 Å². The van der Waals surface area contributed by atoms with E-state index >= 15 is 0 Å². The van der Waals surface area contributed by atoms with Gasteiger partial charge in [0.1, 0.15) is 0 Å². The summed E-state index contributed by atoms with van der Waals surface area (Å²) in [5.41, 5.74) is -0.383. The monoisotopic (exact) mass is 270 g/mol. The van der Waals surface area contributed by atoms with Gasteiger partial charge >= 0.3 is 6.09 Å². The maximum Gasteiger partial charge on any atom is 0.407 e. The molecule has 1 fully saturated rings. The number of alkyl carbamates (subject to hydrolysis) is 1. The van der Waals surface area contributed by atoms with E-state index in [4.69, 9.17) is 0 Å². The molecule has 0 aliphatic carbocycles. The smallest absolute Gasteiger partial charge is 0.407 e. The number of likely N-dealkylation sites (tertiary alicyclic amines) is 1. The summed E-state index contributed by atoms with van der Waals surface area (Å²) in [5.74, 6) is 0.574. The fourth-order valence-corrected chi connectivity index (χ4v) is 2.47. The summed E-state index contributed by atoms with van der Waals surface area (Å²) in [6.07, 6.45) is 1.48. The molecule has 0 spiro atoms. The van der Waals surface area contributed by atoms with E-state index in [0.717, 1.165) is 19.4 Å². The highest BCUT2D eigenvalue weighted by Gasteiger charge is 2.34. The molecule has 1 saturated heterocycles. The number of carbonyl (C=O) groups excluding carboxylic acids is 2. The van der Waals surface area contributed by atoms with Crippen molar-refractivity contribution in [2.75, 3.05) is 20.2 Å². The first kappa shape index (κ1) is 15.8. The molecule has 19 heavy (non-hydrogen) atoms. The van der Waals surface area contributed by atoms with Gasteiger partial charge in [-0.2, -0.15) is 0 Å². The lowest BCUT2D eigenvalue weighted by molar-refractivity contribution is -0.141. The fraction of sp³-hybridized carbons (Fsp3) is 0.857. The minimum absolute atomic E-state index is 0.0163. The molecule has 2 unspecified atom stereocenters. The van der Waals surface area contributed by atoms with E-state index in [1.807, 2.05) is 25.7 Å². The summed E-state index contributed by atoms with van der Waals surface area (Å²) in [6, 6.07) is -0.0163. The van der Waals surface area contributed by atoms with Gasteiger partial charge in [-0.05, 0) is 12.3 Å².